The van der Waals surface area contributed by atoms with Gasteiger partial charge in [0.05, 0.1) is 28.1 Å². The molecular weight excluding hydrogens is 403 g/mol. The lowest BCUT2D eigenvalue weighted by Gasteiger charge is -2.25. The van der Waals surface area contributed by atoms with Gasteiger partial charge in [0.25, 0.3) is 0 Å². The van der Waals surface area contributed by atoms with Gasteiger partial charge in [-0.2, -0.15) is 5.26 Å². The molecule has 1 aliphatic rings. The molecule has 0 fully saturated rings. The smallest absolute Gasteiger partial charge is 0.338 e. The van der Waals surface area contributed by atoms with Gasteiger partial charge in [-0.1, -0.05) is 23.2 Å². The number of carbonyl (C=O) groups excluding carboxylic acids is 1. The molecule has 1 atom stereocenters. The summed E-state index contributed by atoms with van der Waals surface area (Å²) in [4.78, 5) is 12.5. The van der Waals surface area contributed by atoms with Crippen molar-refractivity contribution in [2.24, 2.45) is 5.73 Å². The number of allylic oxidation sites excluding steroid dienone is 2. The molecule has 0 saturated carbocycles. The van der Waals surface area contributed by atoms with E-state index in [1.54, 1.807) is 44.2 Å². The number of ether oxygens (including phenoxy) is 2. The maximum absolute atomic E-state index is 12.5. The quantitative estimate of drug-likeness (QED) is 0.708. The minimum atomic E-state index is -0.839. The van der Waals surface area contributed by atoms with Gasteiger partial charge in [-0.3, -0.25) is 0 Å². The standard InChI is InChI=1S/C20H16Cl2N2O4/c1-3-26-20(25)17-10(2)27-19(24)12(9-23)18(17)16-7-6-15(28-16)11-4-5-13(21)14(22)8-11/h4-8,18H,3,24H2,1-2H3/t18-/m0/s1. The Balaban J connectivity index is 2.09. The topological polar surface area (TPSA) is 98.5 Å². The van der Waals surface area contributed by atoms with Crippen LogP contribution in [0, 0.1) is 11.3 Å². The van der Waals surface area contributed by atoms with E-state index in [9.17, 15) is 10.1 Å². The molecule has 0 spiro atoms. The van der Waals surface area contributed by atoms with Crippen LogP contribution in [0.3, 0.4) is 0 Å². The molecule has 2 aromatic rings. The van der Waals surface area contributed by atoms with Gasteiger partial charge in [-0.25, -0.2) is 4.79 Å². The molecule has 28 heavy (non-hydrogen) atoms. The molecule has 2 heterocycles. The Morgan fingerprint density at radius 3 is 2.68 bits per heavy atom. The van der Waals surface area contributed by atoms with Gasteiger partial charge in [-0.05, 0) is 44.2 Å². The highest BCUT2D eigenvalue weighted by Gasteiger charge is 2.38. The number of nitriles is 1. The highest BCUT2D eigenvalue weighted by atomic mass is 35.5. The fraction of sp³-hybridized carbons (Fsp3) is 0.200. The molecule has 3 rings (SSSR count). The largest absolute Gasteiger partial charge is 0.463 e. The molecule has 1 aromatic heterocycles. The molecule has 2 N–H and O–H groups in total. The van der Waals surface area contributed by atoms with Crippen molar-refractivity contribution in [1.82, 2.24) is 0 Å². The van der Waals surface area contributed by atoms with E-state index in [4.69, 9.17) is 42.8 Å². The maximum Gasteiger partial charge on any atom is 0.338 e. The Hall–Kier alpha value is -2.88. The van der Waals surface area contributed by atoms with Gasteiger partial charge in [0, 0.05) is 5.56 Å². The molecule has 6 nitrogen and oxygen atoms in total. The average Bonchev–Trinajstić information content (AvgIpc) is 3.13. The Bertz CT molecular complexity index is 1050. The molecular formula is C20H16Cl2N2O4. The van der Waals surface area contributed by atoms with E-state index in [1.807, 2.05) is 6.07 Å². The predicted octanol–water partition coefficient (Wildman–Crippen LogP) is 4.90. The normalized spacial score (nSPS) is 16.6. The summed E-state index contributed by atoms with van der Waals surface area (Å²) in [6.07, 6.45) is 0. The summed E-state index contributed by atoms with van der Waals surface area (Å²) in [5, 5.41) is 10.4. The van der Waals surface area contributed by atoms with Gasteiger partial charge >= 0.3 is 5.97 Å². The second-order valence-corrected chi connectivity index (χ2v) is 6.76. The highest BCUT2D eigenvalue weighted by Crippen LogP contribution is 2.41. The number of carbonyl (C=O) groups is 1. The zero-order valence-electron chi connectivity index (χ0n) is 15.1. The second kappa shape index (κ2) is 8.01. The first-order chi connectivity index (χ1) is 13.4. The lowest BCUT2D eigenvalue weighted by molar-refractivity contribution is -0.139. The number of esters is 1. The summed E-state index contributed by atoms with van der Waals surface area (Å²) >= 11 is 12.0. The van der Waals surface area contributed by atoms with Crippen molar-refractivity contribution in [3.63, 3.8) is 0 Å². The molecule has 0 saturated heterocycles. The minimum Gasteiger partial charge on any atom is -0.463 e. The number of benzene rings is 1. The molecule has 0 aliphatic carbocycles. The zero-order valence-corrected chi connectivity index (χ0v) is 16.6. The van der Waals surface area contributed by atoms with E-state index in [2.05, 4.69) is 0 Å². The lowest BCUT2D eigenvalue weighted by atomic mass is 9.87. The summed E-state index contributed by atoms with van der Waals surface area (Å²) in [6, 6.07) is 10.5. The molecule has 0 unspecified atom stereocenters. The molecule has 0 radical (unpaired) electrons. The number of rotatable bonds is 4. The molecule has 1 aromatic carbocycles. The molecule has 0 bridgehead atoms. The van der Waals surface area contributed by atoms with E-state index in [-0.39, 0.29) is 29.4 Å². The van der Waals surface area contributed by atoms with Crippen molar-refractivity contribution in [3.05, 3.63) is 68.9 Å². The number of furan rings is 1. The predicted molar refractivity (Wildman–Crippen MR) is 104 cm³/mol. The van der Waals surface area contributed by atoms with Crippen molar-refractivity contribution < 1.29 is 18.7 Å². The van der Waals surface area contributed by atoms with Crippen molar-refractivity contribution in [3.8, 4) is 17.4 Å². The SMILES string of the molecule is CCOC(=O)C1=C(C)OC(N)=C(C#N)[C@H]1c1ccc(-c2ccc(Cl)c(Cl)c2)o1. The first-order valence-electron chi connectivity index (χ1n) is 8.38. The van der Waals surface area contributed by atoms with Crippen LogP contribution in [0.25, 0.3) is 11.3 Å². The Morgan fingerprint density at radius 1 is 1.29 bits per heavy atom. The third-order valence-electron chi connectivity index (χ3n) is 4.22. The van der Waals surface area contributed by atoms with Crippen LogP contribution < -0.4 is 5.73 Å². The maximum atomic E-state index is 12.5. The molecule has 8 heteroatoms. The van der Waals surface area contributed by atoms with E-state index < -0.39 is 11.9 Å². The summed E-state index contributed by atoms with van der Waals surface area (Å²) in [6.45, 7) is 3.45. The lowest BCUT2D eigenvalue weighted by Crippen LogP contribution is -2.25. The second-order valence-electron chi connectivity index (χ2n) is 5.95. The first-order valence-corrected chi connectivity index (χ1v) is 9.13. The van der Waals surface area contributed by atoms with E-state index in [0.717, 1.165) is 0 Å². The zero-order chi connectivity index (χ0) is 20.4. The Morgan fingerprint density at radius 2 is 2.04 bits per heavy atom. The van der Waals surface area contributed by atoms with Gasteiger partial charge in [0.15, 0.2) is 0 Å². The van der Waals surface area contributed by atoms with E-state index in [0.29, 0.717) is 27.1 Å². The van der Waals surface area contributed by atoms with Crippen LogP contribution >= 0.6 is 23.2 Å². The van der Waals surface area contributed by atoms with Gasteiger partial charge in [0.2, 0.25) is 5.88 Å². The molecule has 0 amide bonds. The number of nitrogens with zero attached hydrogens (tertiary/aromatic N) is 1. The Kier molecular flexibility index (Phi) is 5.68. The summed E-state index contributed by atoms with van der Waals surface area (Å²) in [5.74, 6) is -0.409. The fourth-order valence-electron chi connectivity index (χ4n) is 2.95. The van der Waals surface area contributed by atoms with Crippen LogP contribution in [0.15, 0.2) is 57.5 Å². The fourth-order valence-corrected chi connectivity index (χ4v) is 3.25. The summed E-state index contributed by atoms with van der Waals surface area (Å²) in [5.41, 5.74) is 6.81. The number of halogens is 2. The van der Waals surface area contributed by atoms with Crippen LogP contribution in [0.5, 0.6) is 0 Å². The molecule has 144 valence electrons. The Labute approximate surface area is 171 Å². The number of hydrogen-bond donors (Lipinski definition) is 1. The third kappa shape index (κ3) is 3.59. The minimum absolute atomic E-state index is 0.0729. The first kappa shape index (κ1) is 19.9. The van der Waals surface area contributed by atoms with E-state index in [1.165, 1.54) is 0 Å². The van der Waals surface area contributed by atoms with Crippen molar-refractivity contribution in [2.75, 3.05) is 6.61 Å². The van der Waals surface area contributed by atoms with Gasteiger partial charge in [0.1, 0.15) is 28.9 Å². The average molecular weight is 419 g/mol. The van der Waals surface area contributed by atoms with Crippen LogP contribution in [0.1, 0.15) is 25.5 Å². The van der Waals surface area contributed by atoms with Crippen LogP contribution in [-0.4, -0.2) is 12.6 Å². The number of hydrogen-bond acceptors (Lipinski definition) is 6. The van der Waals surface area contributed by atoms with Crippen LogP contribution in [-0.2, 0) is 14.3 Å². The summed E-state index contributed by atoms with van der Waals surface area (Å²) < 4.78 is 16.5. The van der Waals surface area contributed by atoms with Crippen molar-refractivity contribution in [1.29, 1.82) is 5.26 Å². The molecule has 1 aliphatic heterocycles. The van der Waals surface area contributed by atoms with Gasteiger partial charge < -0.3 is 19.6 Å². The highest BCUT2D eigenvalue weighted by molar-refractivity contribution is 6.42. The summed E-state index contributed by atoms with van der Waals surface area (Å²) in [7, 11) is 0. The van der Waals surface area contributed by atoms with Crippen molar-refractivity contribution >= 4 is 29.2 Å². The van der Waals surface area contributed by atoms with Crippen LogP contribution in [0.4, 0.5) is 0 Å². The monoisotopic (exact) mass is 418 g/mol. The third-order valence-corrected chi connectivity index (χ3v) is 4.96. The van der Waals surface area contributed by atoms with Crippen LogP contribution in [0.2, 0.25) is 10.0 Å². The number of nitrogens with two attached hydrogens (primary N) is 1. The van der Waals surface area contributed by atoms with Gasteiger partial charge in [-0.15, -0.1) is 0 Å². The van der Waals surface area contributed by atoms with E-state index >= 15 is 0 Å². The van der Waals surface area contributed by atoms with Crippen molar-refractivity contribution in [2.45, 2.75) is 19.8 Å².